The van der Waals surface area contributed by atoms with Crippen LogP contribution in [0, 0.1) is 0 Å². The largest absolute Gasteiger partial charge is 0.439 e. The van der Waals surface area contributed by atoms with Crippen LogP contribution in [0.2, 0.25) is 0 Å². The first-order valence-corrected chi connectivity index (χ1v) is 11.2. The number of carbonyl (C=O) groups is 2. The highest BCUT2D eigenvalue weighted by molar-refractivity contribution is 5.94. The minimum absolute atomic E-state index is 0.0249. The molecule has 0 saturated carbocycles. The number of amides is 2. The van der Waals surface area contributed by atoms with Gasteiger partial charge in [-0.3, -0.25) is 14.5 Å². The first-order chi connectivity index (χ1) is 16.1. The molecule has 7 heteroatoms. The molecule has 1 saturated heterocycles. The average Bonchev–Trinajstić information content (AvgIpc) is 2.82. The molecule has 7 nitrogen and oxygen atoms in total. The number of benzene rings is 2. The maximum Gasteiger partial charge on any atom is 0.241 e. The summed E-state index contributed by atoms with van der Waals surface area (Å²) in [5, 5.41) is 5.78. The number of hydrogen-bond donors (Lipinski definition) is 2. The Morgan fingerprint density at radius 1 is 0.970 bits per heavy atom. The lowest BCUT2D eigenvalue weighted by atomic mass is 10.00. The first kappa shape index (κ1) is 22.5. The number of pyridine rings is 1. The van der Waals surface area contributed by atoms with Gasteiger partial charge in [0.2, 0.25) is 17.7 Å². The van der Waals surface area contributed by atoms with E-state index >= 15 is 0 Å². The fourth-order valence-corrected chi connectivity index (χ4v) is 3.96. The van der Waals surface area contributed by atoms with Gasteiger partial charge in [0.05, 0.1) is 17.9 Å². The van der Waals surface area contributed by atoms with Crippen molar-refractivity contribution >= 4 is 23.2 Å². The summed E-state index contributed by atoms with van der Waals surface area (Å²) >= 11 is 0. The number of likely N-dealkylation sites (tertiary alicyclic amines) is 1. The molecule has 2 aromatic carbocycles. The number of anilines is 2. The average molecular weight is 445 g/mol. The van der Waals surface area contributed by atoms with Crippen molar-refractivity contribution in [2.24, 2.45) is 0 Å². The summed E-state index contributed by atoms with van der Waals surface area (Å²) < 4.78 is 5.71. The van der Waals surface area contributed by atoms with Gasteiger partial charge < -0.3 is 15.4 Å². The number of aromatic nitrogens is 1. The summed E-state index contributed by atoms with van der Waals surface area (Å²) in [5.41, 5.74) is 2.52. The first-order valence-electron chi connectivity index (χ1n) is 11.2. The number of rotatable bonds is 7. The standard InChI is InChI=1S/C26H28N4O3/c1-19(31)28-21-12-10-20(11-13-21)18-30-16-6-5-9-24(30)26(32)29-22-14-15-25(27-17-22)33-23-7-3-2-4-8-23/h2-4,7-8,10-15,17,24H,5-6,9,16,18H2,1H3,(H,28,31)(H,29,32)/t24-/m0/s1. The van der Waals surface area contributed by atoms with Gasteiger partial charge in [0, 0.05) is 25.2 Å². The van der Waals surface area contributed by atoms with E-state index in [9.17, 15) is 9.59 Å². The molecule has 1 aromatic heterocycles. The Morgan fingerprint density at radius 2 is 1.73 bits per heavy atom. The third kappa shape index (κ3) is 6.40. The predicted octanol–water partition coefficient (Wildman–Crippen LogP) is 4.83. The zero-order chi connectivity index (χ0) is 23.0. The molecule has 3 aromatic rings. The lowest BCUT2D eigenvalue weighted by Gasteiger charge is -2.34. The molecule has 0 bridgehead atoms. The molecular weight excluding hydrogens is 416 g/mol. The Balaban J connectivity index is 1.36. The van der Waals surface area contributed by atoms with Gasteiger partial charge >= 0.3 is 0 Å². The van der Waals surface area contributed by atoms with Gasteiger partial charge in [-0.15, -0.1) is 0 Å². The molecule has 33 heavy (non-hydrogen) atoms. The minimum atomic E-state index is -0.200. The van der Waals surface area contributed by atoms with E-state index in [-0.39, 0.29) is 17.9 Å². The van der Waals surface area contributed by atoms with Gasteiger partial charge in [-0.1, -0.05) is 36.8 Å². The number of para-hydroxylation sites is 1. The van der Waals surface area contributed by atoms with Gasteiger partial charge in [0.15, 0.2) is 0 Å². The number of piperidine rings is 1. The highest BCUT2D eigenvalue weighted by atomic mass is 16.5. The molecule has 1 aliphatic rings. The van der Waals surface area contributed by atoms with E-state index in [0.717, 1.165) is 37.1 Å². The second-order valence-corrected chi connectivity index (χ2v) is 8.15. The molecule has 0 spiro atoms. The zero-order valence-corrected chi connectivity index (χ0v) is 18.7. The van der Waals surface area contributed by atoms with Crippen molar-refractivity contribution in [2.75, 3.05) is 17.2 Å². The summed E-state index contributed by atoms with van der Waals surface area (Å²) in [6, 6.07) is 20.6. The van der Waals surface area contributed by atoms with Crippen LogP contribution in [0.1, 0.15) is 31.7 Å². The molecule has 0 unspecified atom stereocenters. The van der Waals surface area contributed by atoms with Crippen molar-refractivity contribution < 1.29 is 14.3 Å². The number of ether oxygens (including phenoxy) is 1. The molecule has 4 rings (SSSR count). The number of hydrogen-bond acceptors (Lipinski definition) is 5. The fraction of sp³-hybridized carbons (Fsp3) is 0.269. The van der Waals surface area contributed by atoms with E-state index in [0.29, 0.717) is 23.9 Å². The Bertz CT molecular complexity index is 1070. The predicted molar refractivity (Wildman–Crippen MR) is 128 cm³/mol. The fourth-order valence-electron chi connectivity index (χ4n) is 3.96. The lowest BCUT2D eigenvalue weighted by Crippen LogP contribution is -2.46. The smallest absolute Gasteiger partial charge is 0.241 e. The SMILES string of the molecule is CC(=O)Nc1ccc(CN2CCCC[C@H]2C(=O)Nc2ccc(Oc3ccccc3)nc2)cc1. The van der Waals surface area contributed by atoms with Crippen LogP contribution in [0.3, 0.4) is 0 Å². The molecule has 1 aliphatic heterocycles. The quantitative estimate of drug-likeness (QED) is 0.546. The Labute approximate surface area is 193 Å². The van der Waals surface area contributed by atoms with E-state index in [4.69, 9.17) is 4.74 Å². The van der Waals surface area contributed by atoms with Gasteiger partial charge in [-0.05, 0) is 55.3 Å². The van der Waals surface area contributed by atoms with E-state index in [1.165, 1.54) is 6.92 Å². The van der Waals surface area contributed by atoms with Crippen molar-refractivity contribution in [1.29, 1.82) is 0 Å². The summed E-state index contributed by atoms with van der Waals surface area (Å²) in [5.74, 6) is 1.07. The highest BCUT2D eigenvalue weighted by Gasteiger charge is 2.28. The van der Waals surface area contributed by atoms with E-state index in [1.54, 1.807) is 18.3 Å². The molecule has 0 radical (unpaired) electrons. The number of nitrogens with one attached hydrogen (secondary N) is 2. The normalized spacial score (nSPS) is 16.1. The molecule has 1 fully saturated rings. The Kier molecular flexibility index (Phi) is 7.32. The second kappa shape index (κ2) is 10.7. The summed E-state index contributed by atoms with van der Waals surface area (Å²) in [4.78, 5) is 30.8. The molecule has 2 heterocycles. The van der Waals surface area contributed by atoms with Crippen molar-refractivity contribution in [2.45, 2.75) is 38.8 Å². The molecule has 0 aliphatic carbocycles. The van der Waals surface area contributed by atoms with Crippen LogP contribution in [-0.2, 0) is 16.1 Å². The van der Waals surface area contributed by atoms with Crippen LogP contribution in [0.4, 0.5) is 11.4 Å². The lowest BCUT2D eigenvalue weighted by molar-refractivity contribution is -0.122. The Morgan fingerprint density at radius 3 is 2.42 bits per heavy atom. The van der Waals surface area contributed by atoms with Crippen LogP contribution in [-0.4, -0.2) is 34.3 Å². The minimum Gasteiger partial charge on any atom is -0.439 e. The highest BCUT2D eigenvalue weighted by Crippen LogP contribution is 2.23. The van der Waals surface area contributed by atoms with Crippen LogP contribution >= 0.6 is 0 Å². The molecule has 2 N–H and O–H groups in total. The Hall–Kier alpha value is -3.71. The van der Waals surface area contributed by atoms with Crippen molar-refractivity contribution in [3.8, 4) is 11.6 Å². The van der Waals surface area contributed by atoms with Crippen molar-refractivity contribution in [3.63, 3.8) is 0 Å². The molecule has 1 atom stereocenters. The van der Waals surface area contributed by atoms with Crippen molar-refractivity contribution in [1.82, 2.24) is 9.88 Å². The zero-order valence-electron chi connectivity index (χ0n) is 18.7. The van der Waals surface area contributed by atoms with Gasteiger partial charge in [0.1, 0.15) is 5.75 Å². The monoisotopic (exact) mass is 444 g/mol. The number of carbonyl (C=O) groups excluding carboxylic acids is 2. The van der Waals surface area contributed by atoms with Crippen LogP contribution in [0.25, 0.3) is 0 Å². The third-order valence-corrected chi connectivity index (χ3v) is 5.55. The van der Waals surface area contributed by atoms with E-state index in [2.05, 4.69) is 20.5 Å². The van der Waals surface area contributed by atoms with Gasteiger partial charge in [-0.2, -0.15) is 0 Å². The van der Waals surface area contributed by atoms with E-state index < -0.39 is 0 Å². The van der Waals surface area contributed by atoms with Crippen LogP contribution in [0.15, 0.2) is 72.9 Å². The summed E-state index contributed by atoms with van der Waals surface area (Å²) in [7, 11) is 0. The maximum atomic E-state index is 13.1. The van der Waals surface area contributed by atoms with Crippen molar-refractivity contribution in [3.05, 3.63) is 78.5 Å². The molecule has 170 valence electrons. The number of nitrogens with zero attached hydrogens (tertiary/aromatic N) is 2. The van der Waals surface area contributed by atoms with Crippen LogP contribution in [0.5, 0.6) is 11.6 Å². The molecule has 2 amide bonds. The van der Waals surface area contributed by atoms with Gasteiger partial charge in [-0.25, -0.2) is 4.98 Å². The summed E-state index contributed by atoms with van der Waals surface area (Å²) in [6.07, 6.45) is 4.53. The second-order valence-electron chi connectivity index (χ2n) is 8.15. The topological polar surface area (TPSA) is 83.6 Å². The van der Waals surface area contributed by atoms with E-state index in [1.807, 2.05) is 54.6 Å². The third-order valence-electron chi connectivity index (χ3n) is 5.55. The summed E-state index contributed by atoms with van der Waals surface area (Å²) in [6.45, 7) is 3.04. The van der Waals surface area contributed by atoms with Crippen LogP contribution < -0.4 is 15.4 Å². The maximum absolute atomic E-state index is 13.1. The van der Waals surface area contributed by atoms with Gasteiger partial charge in [0.25, 0.3) is 0 Å². The molecular formula is C26H28N4O3.